The van der Waals surface area contributed by atoms with E-state index in [1.807, 2.05) is 0 Å². The summed E-state index contributed by atoms with van der Waals surface area (Å²) >= 11 is 0. The first-order chi connectivity index (χ1) is 22.6. The molecular formula is C46H78O2. The van der Waals surface area contributed by atoms with Crippen LogP contribution < -0.4 is 0 Å². The molecule has 0 spiro atoms. The van der Waals surface area contributed by atoms with E-state index in [4.69, 9.17) is 4.74 Å². The molecule has 4 fully saturated rings. The number of carbonyl (C=O) groups excluding carboxylic acids is 1. The van der Waals surface area contributed by atoms with Gasteiger partial charge in [-0.3, -0.25) is 4.79 Å². The Kier molecular flexibility index (Phi) is 11.8. The Hall–Kier alpha value is -1.05. The number of allylic oxidation sites excluding steroid dienone is 4. The smallest absolute Gasteiger partial charge is 0.306 e. The molecule has 0 aromatic rings. The summed E-state index contributed by atoms with van der Waals surface area (Å²) in [6.45, 7) is 22.8. The van der Waals surface area contributed by atoms with Gasteiger partial charge in [0.15, 0.2) is 0 Å². The second-order valence-corrected chi connectivity index (χ2v) is 20.3. The Morgan fingerprint density at radius 2 is 1.25 bits per heavy atom. The first kappa shape index (κ1) is 38.2. The summed E-state index contributed by atoms with van der Waals surface area (Å²) in [5, 5.41) is 0. The van der Waals surface area contributed by atoms with Crippen molar-refractivity contribution in [2.24, 2.45) is 44.3 Å². The van der Waals surface area contributed by atoms with Crippen LogP contribution in [0.3, 0.4) is 0 Å². The molecule has 0 bridgehead atoms. The molecule has 2 heteroatoms. The number of esters is 1. The maximum Gasteiger partial charge on any atom is 0.306 e. The van der Waals surface area contributed by atoms with E-state index < -0.39 is 0 Å². The predicted molar refractivity (Wildman–Crippen MR) is 205 cm³/mol. The summed E-state index contributed by atoms with van der Waals surface area (Å²) < 4.78 is 6.39. The van der Waals surface area contributed by atoms with Crippen molar-refractivity contribution in [2.45, 2.75) is 216 Å². The van der Waals surface area contributed by atoms with Gasteiger partial charge in [0.2, 0.25) is 0 Å². The van der Waals surface area contributed by atoms with Gasteiger partial charge >= 0.3 is 5.97 Å². The zero-order valence-corrected chi connectivity index (χ0v) is 33.5. The highest BCUT2D eigenvalue weighted by atomic mass is 16.5. The number of hydrogen-bond donors (Lipinski definition) is 0. The molecule has 4 saturated carbocycles. The third-order valence-corrected chi connectivity index (χ3v) is 16.2. The minimum absolute atomic E-state index is 0.00966. The van der Waals surface area contributed by atoms with Crippen LogP contribution >= 0.6 is 0 Å². The fourth-order valence-corrected chi connectivity index (χ4v) is 12.5. The van der Waals surface area contributed by atoms with Gasteiger partial charge in [0.05, 0.1) is 0 Å². The molecule has 0 radical (unpaired) electrons. The molecule has 0 heterocycles. The van der Waals surface area contributed by atoms with Gasteiger partial charge in [-0.05, 0) is 103 Å². The first-order valence-corrected chi connectivity index (χ1v) is 21.3. The molecular weight excluding hydrogens is 585 g/mol. The number of ether oxygens (including phenoxy) is 1. The molecule has 0 unspecified atom stereocenters. The van der Waals surface area contributed by atoms with Crippen molar-refractivity contribution < 1.29 is 9.53 Å². The maximum absolute atomic E-state index is 13.2. The molecule has 5 aliphatic carbocycles. The second kappa shape index (κ2) is 14.9. The fraction of sp³-hybridized carbons (Fsp3) is 0.891. The van der Waals surface area contributed by atoms with Gasteiger partial charge in [-0.1, -0.05) is 163 Å². The Bertz CT molecular complexity index is 1170. The summed E-state index contributed by atoms with van der Waals surface area (Å²) in [7, 11) is 0. The van der Waals surface area contributed by atoms with Crippen LogP contribution in [0, 0.1) is 44.3 Å². The van der Waals surface area contributed by atoms with E-state index in [1.165, 1.54) is 122 Å². The third kappa shape index (κ3) is 7.31. The first-order valence-electron chi connectivity index (χ1n) is 21.3. The Balaban J connectivity index is 1.14. The summed E-state index contributed by atoms with van der Waals surface area (Å²) in [5.41, 5.74) is 5.10. The summed E-state index contributed by atoms with van der Waals surface area (Å²) in [6, 6.07) is 0. The van der Waals surface area contributed by atoms with Crippen LogP contribution in [0.2, 0.25) is 0 Å². The van der Waals surface area contributed by atoms with Gasteiger partial charge < -0.3 is 4.74 Å². The topological polar surface area (TPSA) is 26.3 Å². The molecule has 0 amide bonds. The predicted octanol–water partition coefficient (Wildman–Crippen LogP) is 14.1. The zero-order chi connectivity index (χ0) is 34.8. The largest absolute Gasteiger partial charge is 0.462 e. The molecule has 2 nitrogen and oxygen atoms in total. The van der Waals surface area contributed by atoms with Crippen molar-refractivity contribution in [3.63, 3.8) is 0 Å². The van der Waals surface area contributed by atoms with E-state index in [2.05, 4.69) is 74.5 Å². The normalized spacial score (nSPS) is 38.1. The van der Waals surface area contributed by atoms with Gasteiger partial charge in [-0.15, -0.1) is 0 Å². The van der Waals surface area contributed by atoms with Crippen molar-refractivity contribution in [3.05, 3.63) is 23.3 Å². The summed E-state index contributed by atoms with van der Waals surface area (Å²) in [4.78, 5) is 13.2. The highest BCUT2D eigenvalue weighted by Gasteiger charge is 2.66. The summed E-state index contributed by atoms with van der Waals surface area (Å²) in [6.07, 6.45) is 34.8. The molecule has 0 aromatic heterocycles. The van der Waals surface area contributed by atoms with Crippen molar-refractivity contribution >= 4 is 5.97 Å². The van der Waals surface area contributed by atoms with E-state index in [1.54, 1.807) is 11.1 Å². The lowest BCUT2D eigenvalue weighted by molar-refractivity contribution is -0.174. The van der Waals surface area contributed by atoms with Crippen molar-refractivity contribution in [3.8, 4) is 0 Å². The van der Waals surface area contributed by atoms with Crippen LogP contribution in [-0.4, -0.2) is 12.1 Å². The highest BCUT2D eigenvalue weighted by molar-refractivity contribution is 5.69. The quantitative estimate of drug-likeness (QED) is 0.129. The van der Waals surface area contributed by atoms with Crippen LogP contribution in [0.1, 0.15) is 210 Å². The average Bonchev–Trinajstić information content (AvgIpc) is 3.02. The number of carbonyl (C=O) groups is 1. The van der Waals surface area contributed by atoms with E-state index in [-0.39, 0.29) is 33.7 Å². The Labute approximate surface area is 298 Å². The zero-order valence-electron chi connectivity index (χ0n) is 33.5. The standard InChI is InChI=1S/C46H78O2/c1-10-11-12-13-14-15-16-17-18-19-20-21-22-23-40(47)48-39-27-28-44(7)37(42(39,4)5)26-29-46(9)38(44)25-24-35-36-34-41(2,3)30-31-43(36,6)32-33-45(35,46)8/h24-25,36-37,39H,10-23,26-34H2,1-9H3/t36-,37-,39-,43+,44-,45+,46+/m0/s1. The van der Waals surface area contributed by atoms with Gasteiger partial charge in [0.1, 0.15) is 6.10 Å². The minimum Gasteiger partial charge on any atom is -0.462 e. The minimum atomic E-state index is -0.00966. The third-order valence-electron chi connectivity index (χ3n) is 16.2. The van der Waals surface area contributed by atoms with Gasteiger partial charge in [-0.2, -0.15) is 0 Å². The lowest BCUT2D eigenvalue weighted by Crippen LogP contribution is -2.61. The lowest BCUT2D eigenvalue weighted by Gasteiger charge is -2.68. The van der Waals surface area contributed by atoms with Gasteiger partial charge in [-0.25, -0.2) is 0 Å². The molecule has 274 valence electrons. The van der Waals surface area contributed by atoms with Crippen molar-refractivity contribution in [1.29, 1.82) is 0 Å². The molecule has 5 aliphatic rings. The molecule has 7 atom stereocenters. The monoisotopic (exact) mass is 663 g/mol. The van der Waals surface area contributed by atoms with Crippen LogP contribution in [0.25, 0.3) is 0 Å². The lowest BCUT2D eigenvalue weighted by atomic mass is 9.36. The molecule has 5 rings (SSSR count). The van der Waals surface area contributed by atoms with Gasteiger partial charge in [0.25, 0.3) is 0 Å². The molecule has 0 aromatic carbocycles. The highest BCUT2D eigenvalue weighted by Crippen LogP contribution is 2.74. The molecule has 0 N–H and O–H groups in total. The van der Waals surface area contributed by atoms with Crippen LogP contribution in [0.5, 0.6) is 0 Å². The number of hydrogen-bond acceptors (Lipinski definition) is 2. The average molecular weight is 663 g/mol. The summed E-state index contributed by atoms with van der Waals surface area (Å²) in [5.74, 6) is 1.33. The SMILES string of the molecule is CCCCCCCCCCCCCCCC(=O)O[C@H]1CC[C@]2(C)C3=CC=C4[C@@H]5CC(C)(C)CC[C@]5(C)CC[C@@]4(C)[C@]3(C)CC[C@H]2C1(C)C. The molecule has 0 aliphatic heterocycles. The van der Waals surface area contributed by atoms with Crippen molar-refractivity contribution in [2.75, 3.05) is 0 Å². The van der Waals surface area contributed by atoms with Crippen LogP contribution in [0.4, 0.5) is 0 Å². The van der Waals surface area contributed by atoms with Gasteiger partial charge in [0, 0.05) is 11.8 Å². The maximum atomic E-state index is 13.2. The molecule has 0 saturated heterocycles. The van der Waals surface area contributed by atoms with Crippen LogP contribution in [0.15, 0.2) is 23.3 Å². The van der Waals surface area contributed by atoms with E-state index >= 15 is 0 Å². The molecule has 48 heavy (non-hydrogen) atoms. The number of fused-ring (bicyclic) bond motifs is 7. The van der Waals surface area contributed by atoms with E-state index in [9.17, 15) is 4.79 Å². The fourth-order valence-electron chi connectivity index (χ4n) is 12.5. The Morgan fingerprint density at radius 1 is 0.667 bits per heavy atom. The van der Waals surface area contributed by atoms with Crippen LogP contribution in [-0.2, 0) is 9.53 Å². The van der Waals surface area contributed by atoms with E-state index in [0.29, 0.717) is 23.2 Å². The van der Waals surface area contributed by atoms with E-state index in [0.717, 1.165) is 25.2 Å². The second-order valence-electron chi connectivity index (χ2n) is 20.3. The number of rotatable bonds is 15. The number of unbranched alkanes of at least 4 members (excludes halogenated alkanes) is 12. The van der Waals surface area contributed by atoms with Crippen molar-refractivity contribution in [1.82, 2.24) is 0 Å². The Morgan fingerprint density at radius 3 is 1.88 bits per heavy atom.